The lowest BCUT2D eigenvalue weighted by atomic mass is 10.1. The van der Waals surface area contributed by atoms with Gasteiger partial charge >= 0.3 is 0 Å². The smallest absolute Gasteiger partial charge is 0.182 e. The summed E-state index contributed by atoms with van der Waals surface area (Å²) in [6.45, 7) is 4.11. The summed E-state index contributed by atoms with van der Waals surface area (Å²) in [5.74, 6) is 1.12. The second-order valence-electron chi connectivity index (χ2n) is 3.90. The van der Waals surface area contributed by atoms with Crippen LogP contribution in [0.2, 0.25) is 0 Å². The molecular formula is C13H13N5. The summed E-state index contributed by atoms with van der Waals surface area (Å²) < 4.78 is 0. The SMILES string of the molecule is Cc1cccc(Nc2cc(NC#N)ncn2)c1C. The fourth-order valence-electron chi connectivity index (χ4n) is 1.58. The maximum atomic E-state index is 8.54. The van der Waals surface area contributed by atoms with Gasteiger partial charge in [0.2, 0.25) is 0 Å². The van der Waals surface area contributed by atoms with Crippen LogP contribution in [0.5, 0.6) is 0 Å². The number of hydrogen-bond acceptors (Lipinski definition) is 5. The molecule has 5 nitrogen and oxygen atoms in total. The predicted molar refractivity (Wildman–Crippen MR) is 70.5 cm³/mol. The lowest BCUT2D eigenvalue weighted by Gasteiger charge is -2.10. The van der Waals surface area contributed by atoms with Crippen LogP contribution in [0.25, 0.3) is 0 Å². The summed E-state index contributed by atoms with van der Waals surface area (Å²) in [5, 5.41) is 14.2. The topological polar surface area (TPSA) is 73.6 Å². The third-order valence-electron chi connectivity index (χ3n) is 2.72. The Bertz CT molecular complexity index is 601. The molecule has 2 aromatic rings. The highest BCUT2D eigenvalue weighted by Gasteiger charge is 2.03. The van der Waals surface area contributed by atoms with Gasteiger partial charge in [0.25, 0.3) is 0 Å². The Labute approximate surface area is 106 Å². The highest BCUT2D eigenvalue weighted by molar-refractivity contribution is 5.63. The number of anilines is 3. The van der Waals surface area contributed by atoms with Crippen LogP contribution in [0, 0.1) is 25.3 Å². The molecule has 0 amide bonds. The van der Waals surface area contributed by atoms with E-state index in [0.29, 0.717) is 11.6 Å². The van der Waals surface area contributed by atoms with Gasteiger partial charge in [-0.25, -0.2) is 9.97 Å². The zero-order valence-corrected chi connectivity index (χ0v) is 10.2. The van der Waals surface area contributed by atoms with Crippen molar-refractivity contribution in [3.63, 3.8) is 0 Å². The van der Waals surface area contributed by atoms with E-state index in [1.54, 1.807) is 6.07 Å². The molecule has 0 saturated heterocycles. The van der Waals surface area contributed by atoms with Crippen LogP contribution in [-0.4, -0.2) is 9.97 Å². The van der Waals surface area contributed by atoms with Gasteiger partial charge in [0.05, 0.1) is 0 Å². The van der Waals surface area contributed by atoms with Crippen molar-refractivity contribution in [2.45, 2.75) is 13.8 Å². The molecule has 0 aliphatic carbocycles. The molecule has 0 spiro atoms. The Morgan fingerprint density at radius 2 is 1.94 bits per heavy atom. The van der Waals surface area contributed by atoms with Crippen LogP contribution < -0.4 is 10.6 Å². The Balaban J connectivity index is 2.26. The lowest BCUT2D eigenvalue weighted by Crippen LogP contribution is -1.99. The second kappa shape index (κ2) is 5.15. The highest BCUT2D eigenvalue weighted by atomic mass is 15.1. The molecule has 2 rings (SSSR count). The average molecular weight is 239 g/mol. The molecule has 5 heteroatoms. The van der Waals surface area contributed by atoms with Gasteiger partial charge in [-0.3, -0.25) is 5.32 Å². The zero-order chi connectivity index (χ0) is 13.0. The first-order valence-electron chi connectivity index (χ1n) is 5.51. The predicted octanol–water partition coefficient (Wildman–Crippen LogP) is 2.73. The van der Waals surface area contributed by atoms with E-state index in [-0.39, 0.29) is 0 Å². The zero-order valence-electron chi connectivity index (χ0n) is 10.2. The molecular weight excluding hydrogens is 226 g/mol. The van der Waals surface area contributed by atoms with E-state index < -0.39 is 0 Å². The Morgan fingerprint density at radius 1 is 1.17 bits per heavy atom. The molecule has 0 atom stereocenters. The fourth-order valence-corrected chi connectivity index (χ4v) is 1.58. The van der Waals surface area contributed by atoms with Gasteiger partial charge in [0.15, 0.2) is 6.19 Å². The number of benzene rings is 1. The van der Waals surface area contributed by atoms with Crippen molar-refractivity contribution in [2.24, 2.45) is 0 Å². The van der Waals surface area contributed by atoms with Crippen molar-refractivity contribution in [1.82, 2.24) is 9.97 Å². The molecule has 1 heterocycles. The molecule has 0 aliphatic rings. The molecule has 0 aliphatic heterocycles. The third-order valence-corrected chi connectivity index (χ3v) is 2.72. The van der Waals surface area contributed by atoms with E-state index in [1.165, 1.54) is 17.5 Å². The van der Waals surface area contributed by atoms with E-state index in [9.17, 15) is 0 Å². The number of nitrogens with one attached hydrogen (secondary N) is 2. The van der Waals surface area contributed by atoms with Crippen LogP contribution in [0.15, 0.2) is 30.6 Å². The van der Waals surface area contributed by atoms with Crippen molar-refractivity contribution in [3.05, 3.63) is 41.7 Å². The quantitative estimate of drug-likeness (QED) is 0.636. The summed E-state index contributed by atoms with van der Waals surface area (Å²) in [5.41, 5.74) is 3.38. The van der Waals surface area contributed by atoms with Gasteiger partial charge < -0.3 is 5.32 Å². The molecule has 2 N–H and O–H groups in total. The minimum Gasteiger partial charge on any atom is -0.340 e. The Kier molecular flexibility index (Phi) is 3.39. The lowest BCUT2D eigenvalue weighted by molar-refractivity contribution is 1.16. The second-order valence-corrected chi connectivity index (χ2v) is 3.90. The van der Waals surface area contributed by atoms with Crippen LogP contribution in [-0.2, 0) is 0 Å². The first-order chi connectivity index (χ1) is 8.70. The Morgan fingerprint density at radius 3 is 2.72 bits per heavy atom. The van der Waals surface area contributed by atoms with Gasteiger partial charge in [0, 0.05) is 11.8 Å². The van der Waals surface area contributed by atoms with Crippen LogP contribution in [0.3, 0.4) is 0 Å². The van der Waals surface area contributed by atoms with E-state index in [4.69, 9.17) is 5.26 Å². The number of rotatable bonds is 3. The van der Waals surface area contributed by atoms with Gasteiger partial charge in [-0.05, 0) is 31.0 Å². The number of aryl methyl sites for hydroxylation is 1. The number of nitriles is 1. The van der Waals surface area contributed by atoms with Gasteiger partial charge in [-0.15, -0.1) is 0 Å². The van der Waals surface area contributed by atoms with Crippen molar-refractivity contribution in [3.8, 4) is 6.19 Å². The van der Waals surface area contributed by atoms with Crippen molar-refractivity contribution in [1.29, 1.82) is 5.26 Å². The standard InChI is InChI=1S/C13H13N5/c1-9-4-3-5-11(10(9)2)18-13-6-12(15-7-14)16-8-17-13/h3-6,8H,1-2H3,(H2,15,16,17,18). The summed E-state index contributed by atoms with van der Waals surface area (Å²) in [6, 6.07) is 7.72. The fraction of sp³-hybridized carbons (Fsp3) is 0.154. The monoisotopic (exact) mass is 239 g/mol. The van der Waals surface area contributed by atoms with Gasteiger partial charge in [-0.2, -0.15) is 5.26 Å². The van der Waals surface area contributed by atoms with Gasteiger partial charge in [-0.1, -0.05) is 12.1 Å². The summed E-state index contributed by atoms with van der Waals surface area (Å²) in [6.07, 6.45) is 3.24. The molecule has 1 aromatic carbocycles. The Hall–Kier alpha value is -2.61. The first kappa shape index (κ1) is 11.9. The van der Waals surface area contributed by atoms with E-state index >= 15 is 0 Å². The van der Waals surface area contributed by atoms with E-state index in [1.807, 2.05) is 25.2 Å². The normalized spacial score (nSPS) is 9.61. The maximum absolute atomic E-state index is 8.54. The van der Waals surface area contributed by atoms with Gasteiger partial charge in [0.1, 0.15) is 18.0 Å². The molecule has 90 valence electrons. The molecule has 0 unspecified atom stereocenters. The third kappa shape index (κ3) is 2.55. The van der Waals surface area contributed by atoms with Crippen molar-refractivity contribution in [2.75, 3.05) is 10.6 Å². The molecule has 0 fully saturated rings. The van der Waals surface area contributed by atoms with E-state index in [0.717, 1.165) is 5.69 Å². The van der Waals surface area contributed by atoms with Crippen molar-refractivity contribution >= 4 is 17.3 Å². The number of nitrogens with zero attached hydrogens (tertiary/aromatic N) is 3. The number of hydrogen-bond donors (Lipinski definition) is 2. The maximum Gasteiger partial charge on any atom is 0.182 e. The van der Waals surface area contributed by atoms with Crippen LogP contribution >= 0.6 is 0 Å². The molecule has 1 aromatic heterocycles. The molecule has 0 radical (unpaired) electrons. The molecule has 0 saturated carbocycles. The van der Waals surface area contributed by atoms with E-state index in [2.05, 4.69) is 33.6 Å². The minimum atomic E-state index is 0.473. The highest BCUT2D eigenvalue weighted by Crippen LogP contribution is 2.22. The minimum absolute atomic E-state index is 0.473. The van der Waals surface area contributed by atoms with Crippen molar-refractivity contribution < 1.29 is 0 Å². The molecule has 18 heavy (non-hydrogen) atoms. The summed E-state index contributed by atoms with van der Waals surface area (Å²) in [4.78, 5) is 8.04. The summed E-state index contributed by atoms with van der Waals surface area (Å²) in [7, 11) is 0. The first-order valence-corrected chi connectivity index (χ1v) is 5.51. The number of aromatic nitrogens is 2. The average Bonchev–Trinajstić information content (AvgIpc) is 2.36. The largest absolute Gasteiger partial charge is 0.340 e. The molecule has 0 bridgehead atoms. The summed E-state index contributed by atoms with van der Waals surface area (Å²) >= 11 is 0. The van der Waals surface area contributed by atoms with Crippen LogP contribution in [0.1, 0.15) is 11.1 Å². The van der Waals surface area contributed by atoms with Crippen LogP contribution in [0.4, 0.5) is 17.3 Å².